The Kier molecular flexibility index (Phi) is 5.93. The lowest BCUT2D eigenvalue weighted by atomic mass is 10.2. The maximum absolute atomic E-state index is 12.1. The Morgan fingerprint density at radius 1 is 1.08 bits per heavy atom. The molecule has 0 aromatic heterocycles. The van der Waals surface area contributed by atoms with Gasteiger partial charge in [0.2, 0.25) is 0 Å². The fourth-order valence-electron chi connectivity index (χ4n) is 1.71. The third-order valence-electron chi connectivity index (χ3n) is 2.91. The van der Waals surface area contributed by atoms with Crippen molar-refractivity contribution >= 4 is 57.8 Å². The Balaban J connectivity index is 2.13. The standard InChI is InChI=1S/C16H11Cl3N4O/c17-12-3-2-11(6-13(12)18)22-8-9(7-20)16(24)23-15-4-1-10(21)5-14(15)19/h1-6,8,22H,21H2,(H,23,24)/b9-8-. The lowest BCUT2D eigenvalue weighted by Crippen LogP contribution is -2.15. The minimum Gasteiger partial charge on any atom is -0.399 e. The molecule has 0 aliphatic rings. The van der Waals surface area contributed by atoms with Crippen LogP contribution < -0.4 is 16.4 Å². The number of nitrogens with zero attached hydrogens (tertiary/aromatic N) is 1. The molecule has 0 aliphatic heterocycles. The molecule has 0 bridgehead atoms. The molecule has 2 rings (SSSR count). The fourth-order valence-corrected chi connectivity index (χ4v) is 2.25. The molecule has 1 amide bonds. The van der Waals surface area contributed by atoms with Gasteiger partial charge in [-0.3, -0.25) is 4.79 Å². The number of anilines is 3. The fraction of sp³-hybridized carbons (Fsp3) is 0. The highest BCUT2D eigenvalue weighted by Crippen LogP contribution is 2.26. The molecule has 0 radical (unpaired) electrons. The van der Waals surface area contributed by atoms with Gasteiger partial charge in [0.25, 0.3) is 5.91 Å². The summed E-state index contributed by atoms with van der Waals surface area (Å²) in [6.07, 6.45) is 1.26. The van der Waals surface area contributed by atoms with Crippen LogP contribution in [0.2, 0.25) is 15.1 Å². The topological polar surface area (TPSA) is 90.9 Å². The van der Waals surface area contributed by atoms with E-state index in [4.69, 9.17) is 45.8 Å². The van der Waals surface area contributed by atoms with Crippen LogP contribution in [0, 0.1) is 11.3 Å². The van der Waals surface area contributed by atoms with Crippen molar-refractivity contribution in [3.05, 3.63) is 63.2 Å². The van der Waals surface area contributed by atoms with E-state index in [0.29, 0.717) is 27.1 Å². The monoisotopic (exact) mass is 380 g/mol. The number of hydrogen-bond donors (Lipinski definition) is 3. The van der Waals surface area contributed by atoms with Crippen LogP contribution in [0.3, 0.4) is 0 Å². The van der Waals surface area contributed by atoms with E-state index >= 15 is 0 Å². The quantitative estimate of drug-likeness (QED) is 0.407. The molecule has 8 heteroatoms. The summed E-state index contributed by atoms with van der Waals surface area (Å²) >= 11 is 17.7. The third kappa shape index (κ3) is 4.56. The van der Waals surface area contributed by atoms with Crippen LogP contribution in [-0.4, -0.2) is 5.91 Å². The van der Waals surface area contributed by atoms with Gasteiger partial charge in [-0.2, -0.15) is 5.26 Å². The zero-order valence-corrected chi connectivity index (χ0v) is 14.4. The molecule has 122 valence electrons. The number of rotatable bonds is 4. The highest BCUT2D eigenvalue weighted by molar-refractivity contribution is 6.42. The molecule has 0 spiro atoms. The van der Waals surface area contributed by atoms with E-state index in [2.05, 4.69) is 10.6 Å². The molecule has 0 unspecified atom stereocenters. The zero-order valence-electron chi connectivity index (χ0n) is 12.1. The van der Waals surface area contributed by atoms with Crippen LogP contribution in [0.5, 0.6) is 0 Å². The number of hydrogen-bond acceptors (Lipinski definition) is 4. The van der Waals surface area contributed by atoms with Crippen molar-refractivity contribution in [2.45, 2.75) is 0 Å². The Bertz CT molecular complexity index is 859. The molecule has 0 aliphatic carbocycles. The molecule has 0 fully saturated rings. The first-order valence-electron chi connectivity index (χ1n) is 6.59. The van der Waals surface area contributed by atoms with E-state index < -0.39 is 5.91 Å². The van der Waals surface area contributed by atoms with E-state index in [0.717, 1.165) is 0 Å². The smallest absolute Gasteiger partial charge is 0.267 e. The van der Waals surface area contributed by atoms with Gasteiger partial charge in [-0.25, -0.2) is 0 Å². The largest absolute Gasteiger partial charge is 0.399 e. The van der Waals surface area contributed by atoms with E-state index in [9.17, 15) is 4.79 Å². The van der Waals surface area contributed by atoms with Gasteiger partial charge in [0, 0.05) is 17.6 Å². The summed E-state index contributed by atoms with van der Waals surface area (Å²) in [6.45, 7) is 0. The number of carbonyl (C=O) groups is 1. The van der Waals surface area contributed by atoms with Gasteiger partial charge in [0.05, 0.1) is 20.8 Å². The average Bonchev–Trinajstić information content (AvgIpc) is 2.54. The van der Waals surface area contributed by atoms with Gasteiger partial charge in [0.1, 0.15) is 11.6 Å². The van der Waals surface area contributed by atoms with Crippen molar-refractivity contribution < 1.29 is 4.79 Å². The lowest BCUT2D eigenvalue weighted by Gasteiger charge is -2.08. The Morgan fingerprint density at radius 3 is 2.46 bits per heavy atom. The molecule has 2 aromatic rings. The average molecular weight is 382 g/mol. The van der Waals surface area contributed by atoms with Gasteiger partial charge in [-0.1, -0.05) is 34.8 Å². The van der Waals surface area contributed by atoms with Crippen LogP contribution in [-0.2, 0) is 4.79 Å². The molecule has 0 atom stereocenters. The number of nitrogen functional groups attached to an aromatic ring is 1. The molecule has 5 nitrogen and oxygen atoms in total. The Labute approximate surface area is 153 Å². The number of nitriles is 1. The Hall–Kier alpha value is -2.39. The minimum absolute atomic E-state index is 0.144. The summed E-state index contributed by atoms with van der Waals surface area (Å²) in [7, 11) is 0. The van der Waals surface area contributed by atoms with E-state index in [-0.39, 0.29) is 10.6 Å². The Morgan fingerprint density at radius 2 is 1.83 bits per heavy atom. The van der Waals surface area contributed by atoms with Crippen molar-refractivity contribution in [3.8, 4) is 6.07 Å². The number of amides is 1. The number of nitrogens with two attached hydrogens (primary N) is 1. The molecule has 24 heavy (non-hydrogen) atoms. The summed E-state index contributed by atoms with van der Waals surface area (Å²) in [6, 6.07) is 11.3. The van der Waals surface area contributed by atoms with Gasteiger partial charge < -0.3 is 16.4 Å². The van der Waals surface area contributed by atoms with Crippen molar-refractivity contribution in [1.29, 1.82) is 5.26 Å². The summed E-state index contributed by atoms with van der Waals surface area (Å²) in [5.41, 5.74) is 6.84. The SMILES string of the molecule is N#C/C(=C/Nc1ccc(Cl)c(Cl)c1)C(=O)Nc1ccc(N)cc1Cl. The van der Waals surface area contributed by atoms with Crippen LogP contribution in [0.4, 0.5) is 17.1 Å². The van der Waals surface area contributed by atoms with Gasteiger partial charge in [-0.05, 0) is 36.4 Å². The molecule has 4 N–H and O–H groups in total. The highest BCUT2D eigenvalue weighted by Gasteiger charge is 2.11. The second-order valence-corrected chi connectivity index (χ2v) is 5.86. The normalized spacial score (nSPS) is 10.8. The number of benzene rings is 2. The molecule has 2 aromatic carbocycles. The van der Waals surface area contributed by atoms with Crippen molar-refractivity contribution in [1.82, 2.24) is 0 Å². The summed E-state index contributed by atoms with van der Waals surface area (Å²) in [5, 5.41) is 15.5. The molecule has 0 heterocycles. The maximum atomic E-state index is 12.1. The van der Waals surface area contributed by atoms with Crippen LogP contribution in [0.15, 0.2) is 48.2 Å². The van der Waals surface area contributed by atoms with Gasteiger partial charge >= 0.3 is 0 Å². The molecule has 0 saturated heterocycles. The van der Waals surface area contributed by atoms with E-state index in [1.54, 1.807) is 30.3 Å². The van der Waals surface area contributed by atoms with Gasteiger partial charge in [-0.15, -0.1) is 0 Å². The first-order valence-corrected chi connectivity index (χ1v) is 7.72. The first kappa shape index (κ1) is 18.0. The van der Waals surface area contributed by atoms with E-state index in [1.807, 2.05) is 6.07 Å². The van der Waals surface area contributed by atoms with Gasteiger partial charge in [0.15, 0.2) is 0 Å². The second kappa shape index (κ2) is 7.93. The number of halogens is 3. The zero-order chi connectivity index (χ0) is 17.7. The summed E-state index contributed by atoms with van der Waals surface area (Å²) < 4.78 is 0. The van der Waals surface area contributed by atoms with Crippen molar-refractivity contribution in [2.24, 2.45) is 0 Å². The maximum Gasteiger partial charge on any atom is 0.267 e. The van der Waals surface area contributed by atoms with E-state index in [1.165, 1.54) is 12.3 Å². The van der Waals surface area contributed by atoms with Crippen molar-refractivity contribution in [2.75, 3.05) is 16.4 Å². The van der Waals surface area contributed by atoms with Crippen LogP contribution in [0.25, 0.3) is 0 Å². The first-order chi connectivity index (χ1) is 11.4. The molecular formula is C16H11Cl3N4O. The molecular weight excluding hydrogens is 371 g/mol. The predicted octanol–water partition coefficient (Wildman–Crippen LogP) is 4.69. The molecule has 0 saturated carbocycles. The minimum atomic E-state index is -0.614. The highest BCUT2D eigenvalue weighted by atomic mass is 35.5. The lowest BCUT2D eigenvalue weighted by molar-refractivity contribution is -0.112. The van der Waals surface area contributed by atoms with Crippen LogP contribution >= 0.6 is 34.8 Å². The number of carbonyl (C=O) groups excluding carboxylic acids is 1. The third-order valence-corrected chi connectivity index (χ3v) is 3.96. The number of nitrogens with one attached hydrogen (secondary N) is 2. The second-order valence-electron chi connectivity index (χ2n) is 4.64. The van der Waals surface area contributed by atoms with Crippen LogP contribution in [0.1, 0.15) is 0 Å². The van der Waals surface area contributed by atoms with Crippen molar-refractivity contribution in [3.63, 3.8) is 0 Å². The predicted molar refractivity (Wildman–Crippen MR) is 98.3 cm³/mol. The summed E-state index contributed by atoms with van der Waals surface area (Å²) in [5.74, 6) is -0.614. The summed E-state index contributed by atoms with van der Waals surface area (Å²) in [4.78, 5) is 12.1.